The molecule has 1 fully saturated rings. The van der Waals surface area contributed by atoms with Crippen LogP contribution in [0.3, 0.4) is 0 Å². The summed E-state index contributed by atoms with van der Waals surface area (Å²) in [7, 11) is 0. The summed E-state index contributed by atoms with van der Waals surface area (Å²) in [5.41, 5.74) is 4.45. The highest BCUT2D eigenvalue weighted by Crippen LogP contribution is 2.40. The molecule has 0 aromatic heterocycles. The monoisotopic (exact) mass is 324 g/mol. The van der Waals surface area contributed by atoms with Gasteiger partial charge in [0.15, 0.2) is 0 Å². The van der Waals surface area contributed by atoms with E-state index in [1.165, 1.54) is 43.2 Å². The fourth-order valence-corrected chi connectivity index (χ4v) is 3.96. The summed E-state index contributed by atoms with van der Waals surface area (Å²) in [6, 6.07) is 11.7. The molecule has 3 rings (SSSR count). The van der Waals surface area contributed by atoms with E-state index in [4.69, 9.17) is 0 Å². The van der Waals surface area contributed by atoms with Crippen LogP contribution in [0.1, 0.15) is 80.0 Å². The van der Waals surface area contributed by atoms with Crippen molar-refractivity contribution in [1.29, 1.82) is 0 Å². The topological polar surface area (TPSA) is 40.5 Å². The van der Waals surface area contributed by atoms with Gasteiger partial charge >= 0.3 is 0 Å². The molecule has 2 aromatic rings. The third kappa shape index (κ3) is 3.58. The summed E-state index contributed by atoms with van der Waals surface area (Å²) in [5.74, 6) is 1.62. The third-order valence-corrected chi connectivity index (χ3v) is 5.33. The molecule has 24 heavy (non-hydrogen) atoms. The Kier molecular flexibility index (Phi) is 5.13. The van der Waals surface area contributed by atoms with Gasteiger partial charge in [-0.1, -0.05) is 57.4 Å². The second kappa shape index (κ2) is 7.29. The number of hydrogen-bond donors (Lipinski definition) is 2. The van der Waals surface area contributed by atoms with Crippen molar-refractivity contribution in [3.05, 3.63) is 58.7 Å². The van der Waals surface area contributed by atoms with Crippen LogP contribution < -0.4 is 0 Å². The number of phenolic OH excluding ortho intramolecular Hbond substituents is 2. The Hall–Kier alpha value is -1.96. The van der Waals surface area contributed by atoms with Crippen molar-refractivity contribution in [2.75, 3.05) is 0 Å². The molecule has 2 aromatic carbocycles. The Morgan fingerprint density at radius 2 is 1.62 bits per heavy atom. The zero-order chi connectivity index (χ0) is 17.1. The van der Waals surface area contributed by atoms with E-state index in [1.54, 1.807) is 6.07 Å². The second-order valence-electron chi connectivity index (χ2n) is 7.40. The Morgan fingerprint density at radius 3 is 2.29 bits per heavy atom. The van der Waals surface area contributed by atoms with E-state index in [0.717, 1.165) is 11.1 Å². The maximum absolute atomic E-state index is 10.6. The number of rotatable bonds is 4. The molecule has 2 nitrogen and oxygen atoms in total. The molecule has 0 atom stereocenters. The Labute approximate surface area is 145 Å². The van der Waals surface area contributed by atoms with Crippen LogP contribution in [0.2, 0.25) is 0 Å². The van der Waals surface area contributed by atoms with Crippen LogP contribution in [0.25, 0.3) is 0 Å². The predicted molar refractivity (Wildman–Crippen MR) is 98.9 cm³/mol. The Morgan fingerprint density at radius 1 is 0.917 bits per heavy atom. The lowest BCUT2D eigenvalue weighted by atomic mass is 9.81. The largest absolute Gasteiger partial charge is 0.508 e. The van der Waals surface area contributed by atoms with Gasteiger partial charge in [0.2, 0.25) is 0 Å². The second-order valence-corrected chi connectivity index (χ2v) is 7.40. The zero-order valence-corrected chi connectivity index (χ0v) is 14.8. The van der Waals surface area contributed by atoms with E-state index in [1.807, 2.05) is 24.3 Å². The summed E-state index contributed by atoms with van der Waals surface area (Å²) in [4.78, 5) is 0. The van der Waals surface area contributed by atoms with E-state index in [-0.39, 0.29) is 0 Å². The van der Waals surface area contributed by atoms with Gasteiger partial charge in [-0.05, 0) is 59.1 Å². The standard InChI is InChI=1S/C22H28O2/c1-15(2)19-14-22(24)20(16-8-4-3-5-9-16)13-18(19)12-17-10-6-7-11-21(17)23/h6-7,10-11,13-16,23-24H,3-5,8-9,12H2,1-2H3. The molecule has 0 unspecified atom stereocenters. The summed E-state index contributed by atoms with van der Waals surface area (Å²) >= 11 is 0. The van der Waals surface area contributed by atoms with Crippen molar-refractivity contribution in [1.82, 2.24) is 0 Å². The maximum Gasteiger partial charge on any atom is 0.119 e. The molecule has 1 saturated carbocycles. The lowest BCUT2D eigenvalue weighted by molar-refractivity contribution is 0.413. The molecule has 128 valence electrons. The predicted octanol–water partition coefficient (Wildman–Crippen LogP) is 5.86. The average molecular weight is 324 g/mol. The van der Waals surface area contributed by atoms with Crippen molar-refractivity contribution >= 4 is 0 Å². The first-order valence-corrected chi connectivity index (χ1v) is 9.18. The highest BCUT2D eigenvalue weighted by atomic mass is 16.3. The summed E-state index contributed by atoms with van der Waals surface area (Å²) < 4.78 is 0. The first kappa shape index (κ1) is 16.9. The van der Waals surface area contributed by atoms with Crippen LogP contribution in [-0.4, -0.2) is 10.2 Å². The molecule has 0 amide bonds. The van der Waals surface area contributed by atoms with Crippen LogP contribution in [-0.2, 0) is 6.42 Å². The first-order chi connectivity index (χ1) is 11.6. The zero-order valence-electron chi connectivity index (χ0n) is 14.8. The molecule has 0 spiro atoms. The fourth-order valence-electron chi connectivity index (χ4n) is 3.96. The molecule has 2 N–H and O–H groups in total. The maximum atomic E-state index is 10.6. The van der Waals surface area contributed by atoms with Crippen LogP contribution in [0.15, 0.2) is 36.4 Å². The Bertz CT molecular complexity index is 697. The quantitative estimate of drug-likeness (QED) is 0.739. The highest BCUT2D eigenvalue weighted by Gasteiger charge is 2.21. The molecule has 2 heteroatoms. The molecule has 0 heterocycles. The minimum atomic E-state index is 0.345. The lowest BCUT2D eigenvalue weighted by Gasteiger charge is -2.25. The van der Waals surface area contributed by atoms with E-state index in [9.17, 15) is 10.2 Å². The van der Waals surface area contributed by atoms with E-state index in [0.29, 0.717) is 29.8 Å². The van der Waals surface area contributed by atoms with E-state index >= 15 is 0 Å². The molecule has 0 radical (unpaired) electrons. The molecule has 0 aliphatic heterocycles. The third-order valence-electron chi connectivity index (χ3n) is 5.33. The SMILES string of the molecule is CC(C)c1cc(O)c(C2CCCCC2)cc1Cc1ccccc1O. The minimum Gasteiger partial charge on any atom is -0.508 e. The molecule has 0 bridgehead atoms. The summed E-state index contributed by atoms with van der Waals surface area (Å²) in [6.45, 7) is 4.31. The van der Waals surface area contributed by atoms with Crippen LogP contribution in [0.4, 0.5) is 0 Å². The highest BCUT2D eigenvalue weighted by molar-refractivity contribution is 5.48. The van der Waals surface area contributed by atoms with E-state index < -0.39 is 0 Å². The normalized spacial score (nSPS) is 15.8. The van der Waals surface area contributed by atoms with Crippen molar-refractivity contribution in [2.24, 2.45) is 0 Å². The smallest absolute Gasteiger partial charge is 0.119 e. The van der Waals surface area contributed by atoms with Gasteiger partial charge in [-0.3, -0.25) is 0 Å². The van der Waals surface area contributed by atoms with Crippen LogP contribution in [0, 0.1) is 0 Å². The van der Waals surface area contributed by atoms with Crippen LogP contribution in [0.5, 0.6) is 11.5 Å². The number of para-hydroxylation sites is 1. The lowest BCUT2D eigenvalue weighted by Crippen LogP contribution is -2.07. The fraction of sp³-hybridized carbons (Fsp3) is 0.455. The molecule has 1 aliphatic carbocycles. The van der Waals surface area contributed by atoms with Gasteiger partial charge < -0.3 is 10.2 Å². The van der Waals surface area contributed by atoms with Gasteiger partial charge in [0.25, 0.3) is 0 Å². The molecular formula is C22H28O2. The number of benzene rings is 2. The van der Waals surface area contributed by atoms with Crippen LogP contribution >= 0.6 is 0 Å². The summed E-state index contributed by atoms with van der Waals surface area (Å²) in [6.07, 6.45) is 6.87. The van der Waals surface area contributed by atoms with Gasteiger partial charge in [0.05, 0.1) is 0 Å². The Balaban J connectivity index is 2.00. The number of aromatic hydroxyl groups is 2. The molecule has 0 saturated heterocycles. The minimum absolute atomic E-state index is 0.345. The molecular weight excluding hydrogens is 296 g/mol. The average Bonchev–Trinajstić information content (AvgIpc) is 2.58. The number of phenols is 2. The number of hydrogen-bond acceptors (Lipinski definition) is 2. The van der Waals surface area contributed by atoms with Gasteiger partial charge in [-0.2, -0.15) is 0 Å². The molecule has 1 aliphatic rings. The van der Waals surface area contributed by atoms with Crippen molar-refractivity contribution in [3.63, 3.8) is 0 Å². The van der Waals surface area contributed by atoms with E-state index in [2.05, 4.69) is 19.9 Å². The van der Waals surface area contributed by atoms with Gasteiger partial charge in [-0.15, -0.1) is 0 Å². The van der Waals surface area contributed by atoms with Gasteiger partial charge in [0.1, 0.15) is 11.5 Å². The first-order valence-electron chi connectivity index (χ1n) is 9.18. The van der Waals surface area contributed by atoms with Gasteiger partial charge in [-0.25, -0.2) is 0 Å². The van der Waals surface area contributed by atoms with Crippen molar-refractivity contribution in [2.45, 2.75) is 64.2 Å². The van der Waals surface area contributed by atoms with Gasteiger partial charge in [0, 0.05) is 6.42 Å². The van der Waals surface area contributed by atoms with Crippen molar-refractivity contribution < 1.29 is 10.2 Å². The van der Waals surface area contributed by atoms with Crippen molar-refractivity contribution in [3.8, 4) is 11.5 Å². The summed E-state index contributed by atoms with van der Waals surface area (Å²) in [5, 5.41) is 20.7.